The van der Waals surface area contributed by atoms with Gasteiger partial charge in [-0.15, -0.1) is 0 Å². The highest BCUT2D eigenvalue weighted by atomic mass is 15.1. The summed E-state index contributed by atoms with van der Waals surface area (Å²) in [6.07, 6.45) is 5.36. The molecule has 0 unspecified atom stereocenters. The first-order valence-electron chi connectivity index (χ1n) is 7.41. The lowest BCUT2D eigenvalue weighted by Crippen LogP contribution is -2.27. The van der Waals surface area contributed by atoms with Gasteiger partial charge in [-0.3, -0.25) is 4.99 Å². The fourth-order valence-electron chi connectivity index (χ4n) is 2.52. The molecule has 1 heterocycles. The van der Waals surface area contributed by atoms with Gasteiger partial charge in [-0.05, 0) is 17.3 Å². The van der Waals surface area contributed by atoms with Crippen LogP contribution in [0.15, 0.2) is 77.9 Å². The van der Waals surface area contributed by atoms with Crippen LogP contribution in [-0.2, 0) is 13.1 Å². The summed E-state index contributed by atoms with van der Waals surface area (Å²) in [5, 5.41) is 0. The molecule has 0 bridgehead atoms. The average Bonchev–Trinajstić information content (AvgIpc) is 2.55. The summed E-state index contributed by atoms with van der Waals surface area (Å²) in [5.74, 6) is 0. The Hall–Kier alpha value is -2.35. The molecule has 0 saturated heterocycles. The largest absolute Gasteiger partial charge is 0.368 e. The molecule has 21 heavy (non-hydrogen) atoms. The Labute approximate surface area is 126 Å². The Morgan fingerprint density at radius 3 is 2.24 bits per heavy atom. The number of nitrogens with zero attached hydrogens (tertiary/aromatic N) is 2. The van der Waals surface area contributed by atoms with Crippen molar-refractivity contribution < 1.29 is 0 Å². The molecule has 2 nitrogen and oxygen atoms in total. The molecule has 2 aromatic rings. The summed E-state index contributed by atoms with van der Waals surface area (Å²) < 4.78 is 0. The van der Waals surface area contributed by atoms with Crippen LogP contribution < -0.4 is 0 Å². The quantitative estimate of drug-likeness (QED) is 0.822. The summed E-state index contributed by atoms with van der Waals surface area (Å²) in [6.45, 7) is 2.66. The molecule has 3 rings (SSSR count). The van der Waals surface area contributed by atoms with Crippen molar-refractivity contribution in [1.82, 2.24) is 4.90 Å². The van der Waals surface area contributed by atoms with Gasteiger partial charge in [0.2, 0.25) is 0 Å². The van der Waals surface area contributed by atoms with E-state index in [4.69, 9.17) is 4.99 Å². The van der Waals surface area contributed by atoms with Crippen LogP contribution in [0.4, 0.5) is 0 Å². The van der Waals surface area contributed by atoms with Gasteiger partial charge in [-0.1, -0.05) is 66.7 Å². The monoisotopic (exact) mass is 276 g/mol. The average molecular weight is 276 g/mol. The van der Waals surface area contributed by atoms with Gasteiger partial charge in [0.25, 0.3) is 0 Å². The van der Waals surface area contributed by atoms with Crippen molar-refractivity contribution in [3.8, 4) is 0 Å². The molecule has 2 heteroatoms. The summed E-state index contributed by atoms with van der Waals surface area (Å²) >= 11 is 0. The Morgan fingerprint density at radius 1 is 0.857 bits per heavy atom. The molecule has 106 valence electrons. The molecule has 0 N–H and O–H groups in total. The molecule has 1 aliphatic heterocycles. The van der Waals surface area contributed by atoms with Gasteiger partial charge in [0, 0.05) is 18.7 Å². The summed E-state index contributed by atoms with van der Waals surface area (Å²) in [6, 6.07) is 21.0. The lowest BCUT2D eigenvalue weighted by molar-refractivity contribution is 0.411. The van der Waals surface area contributed by atoms with Gasteiger partial charge >= 0.3 is 0 Å². The molecule has 1 aliphatic rings. The lowest BCUT2D eigenvalue weighted by atomic mass is 10.1. The molecule has 0 radical (unpaired) electrons. The molecular formula is C19H20N2. The Morgan fingerprint density at radius 2 is 1.52 bits per heavy atom. The second-order valence-electron chi connectivity index (χ2n) is 5.35. The second kappa shape index (κ2) is 6.89. The van der Waals surface area contributed by atoms with Crippen LogP contribution in [0.1, 0.15) is 17.5 Å². The molecule has 0 saturated carbocycles. The predicted octanol–water partition coefficient (Wildman–Crippen LogP) is 4.05. The highest BCUT2D eigenvalue weighted by Crippen LogP contribution is 2.11. The molecule has 0 spiro atoms. The molecule has 0 amide bonds. The van der Waals surface area contributed by atoms with E-state index in [1.54, 1.807) is 0 Å². The van der Waals surface area contributed by atoms with E-state index in [-0.39, 0.29) is 0 Å². The SMILES string of the molecule is C1=CN(Cc2ccccc2)CC(=NCc2ccccc2)C1. The van der Waals surface area contributed by atoms with Crippen molar-refractivity contribution in [1.29, 1.82) is 0 Å². The predicted molar refractivity (Wildman–Crippen MR) is 88.2 cm³/mol. The lowest BCUT2D eigenvalue weighted by Gasteiger charge is -2.24. The van der Waals surface area contributed by atoms with E-state index in [1.165, 1.54) is 16.8 Å². The van der Waals surface area contributed by atoms with E-state index < -0.39 is 0 Å². The highest BCUT2D eigenvalue weighted by Gasteiger charge is 2.09. The van der Waals surface area contributed by atoms with E-state index in [9.17, 15) is 0 Å². The Balaban J connectivity index is 1.60. The number of aliphatic imine (C=N–C) groups is 1. The standard InChI is InChI=1S/C19H20N2/c1-3-8-17(9-4-1)14-20-19-12-7-13-21(16-19)15-18-10-5-2-6-11-18/h1-11,13H,12,14-16H2. The van der Waals surface area contributed by atoms with Gasteiger partial charge in [0.15, 0.2) is 0 Å². The third-order valence-corrected chi connectivity index (χ3v) is 3.61. The van der Waals surface area contributed by atoms with Crippen LogP contribution in [-0.4, -0.2) is 17.2 Å². The minimum atomic E-state index is 0.781. The minimum Gasteiger partial charge on any atom is -0.368 e. The number of benzene rings is 2. The van der Waals surface area contributed by atoms with Crippen molar-refractivity contribution in [3.63, 3.8) is 0 Å². The maximum Gasteiger partial charge on any atom is 0.0640 e. The molecular weight excluding hydrogens is 256 g/mol. The zero-order valence-corrected chi connectivity index (χ0v) is 12.2. The van der Waals surface area contributed by atoms with Crippen LogP contribution in [0, 0.1) is 0 Å². The normalized spacial score (nSPS) is 16.4. The van der Waals surface area contributed by atoms with Gasteiger partial charge in [0.05, 0.1) is 13.1 Å². The fourth-order valence-corrected chi connectivity index (χ4v) is 2.52. The van der Waals surface area contributed by atoms with Gasteiger partial charge in [0.1, 0.15) is 0 Å². The summed E-state index contributed by atoms with van der Waals surface area (Å²) in [4.78, 5) is 7.09. The Bertz CT molecular complexity index is 615. The van der Waals surface area contributed by atoms with Crippen LogP contribution in [0.3, 0.4) is 0 Å². The molecule has 0 atom stereocenters. The van der Waals surface area contributed by atoms with Crippen LogP contribution in [0.2, 0.25) is 0 Å². The third kappa shape index (κ3) is 4.06. The van der Waals surface area contributed by atoms with E-state index >= 15 is 0 Å². The zero-order valence-electron chi connectivity index (χ0n) is 12.2. The van der Waals surface area contributed by atoms with Gasteiger partial charge < -0.3 is 4.90 Å². The first-order chi connectivity index (χ1) is 10.4. The third-order valence-electron chi connectivity index (χ3n) is 3.61. The van der Waals surface area contributed by atoms with Crippen molar-refractivity contribution in [2.75, 3.05) is 6.54 Å². The summed E-state index contributed by atoms with van der Waals surface area (Å²) in [7, 11) is 0. The number of allylic oxidation sites excluding steroid dienone is 1. The van der Waals surface area contributed by atoms with Gasteiger partial charge in [-0.2, -0.15) is 0 Å². The van der Waals surface area contributed by atoms with Crippen molar-refractivity contribution >= 4 is 5.71 Å². The molecule has 0 aliphatic carbocycles. The van der Waals surface area contributed by atoms with Crippen LogP contribution >= 0.6 is 0 Å². The molecule has 0 aromatic heterocycles. The number of rotatable bonds is 4. The van der Waals surface area contributed by atoms with E-state index in [0.717, 1.165) is 26.1 Å². The maximum absolute atomic E-state index is 4.77. The first kappa shape index (κ1) is 13.6. The zero-order chi connectivity index (χ0) is 14.3. The maximum atomic E-state index is 4.77. The van der Waals surface area contributed by atoms with Crippen LogP contribution in [0.25, 0.3) is 0 Å². The molecule has 2 aromatic carbocycles. The van der Waals surface area contributed by atoms with E-state index in [0.29, 0.717) is 0 Å². The van der Waals surface area contributed by atoms with Crippen LogP contribution in [0.5, 0.6) is 0 Å². The highest BCUT2D eigenvalue weighted by molar-refractivity contribution is 5.88. The topological polar surface area (TPSA) is 15.6 Å². The van der Waals surface area contributed by atoms with E-state index in [2.05, 4.69) is 71.8 Å². The minimum absolute atomic E-state index is 0.781. The smallest absolute Gasteiger partial charge is 0.0640 e. The summed E-state index contributed by atoms with van der Waals surface area (Å²) in [5.41, 5.74) is 3.87. The van der Waals surface area contributed by atoms with Crippen molar-refractivity contribution in [2.45, 2.75) is 19.5 Å². The number of hydrogen-bond donors (Lipinski definition) is 0. The van der Waals surface area contributed by atoms with Crippen molar-refractivity contribution in [3.05, 3.63) is 84.1 Å². The second-order valence-corrected chi connectivity index (χ2v) is 5.35. The van der Waals surface area contributed by atoms with E-state index in [1.807, 2.05) is 6.07 Å². The fraction of sp³-hybridized carbons (Fsp3) is 0.211. The number of hydrogen-bond acceptors (Lipinski definition) is 2. The molecule has 0 fully saturated rings. The van der Waals surface area contributed by atoms with Crippen molar-refractivity contribution in [2.24, 2.45) is 4.99 Å². The Kier molecular flexibility index (Phi) is 4.47. The van der Waals surface area contributed by atoms with Gasteiger partial charge in [-0.25, -0.2) is 0 Å². The first-order valence-corrected chi connectivity index (χ1v) is 7.41.